The fraction of sp³-hybridized carbons (Fsp3) is 0.458. The molecule has 0 aliphatic carbocycles. The van der Waals surface area contributed by atoms with E-state index in [1.165, 1.54) is 0 Å². The van der Waals surface area contributed by atoms with E-state index in [0.717, 1.165) is 79.3 Å². The Bertz CT molecular complexity index is 1060. The molecule has 8 nitrogen and oxygen atoms in total. The number of aromatic nitrogens is 3. The summed E-state index contributed by atoms with van der Waals surface area (Å²) in [6.45, 7) is 14.2. The van der Waals surface area contributed by atoms with Crippen molar-refractivity contribution in [1.82, 2.24) is 30.1 Å². The minimum Gasteiger partial charge on any atom is -0.361 e. The Labute approximate surface area is 189 Å². The van der Waals surface area contributed by atoms with E-state index in [-0.39, 0.29) is 0 Å². The van der Waals surface area contributed by atoms with Crippen LogP contribution in [0.4, 0.5) is 0 Å². The summed E-state index contributed by atoms with van der Waals surface area (Å²) in [5, 5.41) is 12.3. The summed E-state index contributed by atoms with van der Waals surface area (Å²) in [6, 6.07) is 12.5. The van der Waals surface area contributed by atoms with Gasteiger partial charge in [0.15, 0.2) is 5.96 Å². The van der Waals surface area contributed by atoms with E-state index in [1.54, 1.807) is 0 Å². The molecule has 0 bridgehead atoms. The number of hydrogen-bond acceptors (Lipinski definition) is 5. The third kappa shape index (κ3) is 5.19. The number of aliphatic imine (C=N–C) groups is 1. The first-order valence-electron chi connectivity index (χ1n) is 11.3. The Hall–Kier alpha value is -3.13. The SMILES string of the molecule is CCNC(=NCc1ccccc1-n1nc(C)cc1C)N1CCN(Cc2cc(C)on2)CC1. The highest BCUT2D eigenvalue weighted by molar-refractivity contribution is 5.80. The molecule has 1 N–H and O–H groups in total. The molecule has 1 aromatic carbocycles. The number of benzene rings is 1. The second kappa shape index (κ2) is 9.99. The molecule has 0 radical (unpaired) electrons. The second-order valence-electron chi connectivity index (χ2n) is 8.33. The Balaban J connectivity index is 1.44. The summed E-state index contributed by atoms with van der Waals surface area (Å²) in [6.07, 6.45) is 0. The van der Waals surface area contributed by atoms with Gasteiger partial charge in [-0.25, -0.2) is 9.67 Å². The molecule has 0 saturated carbocycles. The third-order valence-electron chi connectivity index (χ3n) is 5.70. The van der Waals surface area contributed by atoms with E-state index < -0.39 is 0 Å². The molecular formula is C24H33N7O. The maximum Gasteiger partial charge on any atom is 0.194 e. The maximum atomic E-state index is 5.20. The predicted molar refractivity (Wildman–Crippen MR) is 126 cm³/mol. The molecule has 8 heteroatoms. The zero-order valence-corrected chi connectivity index (χ0v) is 19.5. The van der Waals surface area contributed by atoms with Gasteiger partial charge < -0.3 is 14.7 Å². The van der Waals surface area contributed by atoms with E-state index in [2.05, 4.69) is 69.6 Å². The zero-order valence-electron chi connectivity index (χ0n) is 19.5. The second-order valence-corrected chi connectivity index (χ2v) is 8.33. The zero-order chi connectivity index (χ0) is 22.5. The molecule has 2 aromatic heterocycles. The van der Waals surface area contributed by atoms with Gasteiger partial charge in [0.05, 0.1) is 23.6 Å². The summed E-state index contributed by atoms with van der Waals surface area (Å²) >= 11 is 0. The van der Waals surface area contributed by atoms with Crippen LogP contribution in [0.3, 0.4) is 0 Å². The maximum absolute atomic E-state index is 5.20. The first-order chi connectivity index (χ1) is 15.5. The van der Waals surface area contributed by atoms with Gasteiger partial charge in [-0.3, -0.25) is 4.90 Å². The van der Waals surface area contributed by atoms with E-state index in [4.69, 9.17) is 9.52 Å². The fourth-order valence-corrected chi connectivity index (χ4v) is 4.15. The minimum absolute atomic E-state index is 0.606. The summed E-state index contributed by atoms with van der Waals surface area (Å²) in [5.41, 5.74) is 5.40. The lowest BCUT2D eigenvalue weighted by molar-refractivity contribution is 0.169. The van der Waals surface area contributed by atoms with Gasteiger partial charge in [0.2, 0.25) is 0 Å². The molecule has 1 saturated heterocycles. The van der Waals surface area contributed by atoms with Crippen molar-refractivity contribution < 1.29 is 4.52 Å². The smallest absolute Gasteiger partial charge is 0.194 e. The molecule has 0 amide bonds. The summed E-state index contributed by atoms with van der Waals surface area (Å²) in [4.78, 5) is 9.75. The monoisotopic (exact) mass is 435 g/mol. The highest BCUT2D eigenvalue weighted by Crippen LogP contribution is 2.18. The van der Waals surface area contributed by atoms with Crippen molar-refractivity contribution in [1.29, 1.82) is 0 Å². The molecule has 1 aliphatic heterocycles. The van der Waals surface area contributed by atoms with Crippen LogP contribution in [0.5, 0.6) is 0 Å². The van der Waals surface area contributed by atoms with Gasteiger partial charge in [-0.05, 0) is 45.4 Å². The molecule has 32 heavy (non-hydrogen) atoms. The molecular weight excluding hydrogens is 402 g/mol. The van der Waals surface area contributed by atoms with E-state index in [0.29, 0.717) is 6.54 Å². The van der Waals surface area contributed by atoms with E-state index in [9.17, 15) is 0 Å². The van der Waals surface area contributed by atoms with Crippen LogP contribution in [0.25, 0.3) is 5.69 Å². The number of hydrogen-bond donors (Lipinski definition) is 1. The normalized spacial score (nSPS) is 15.4. The fourth-order valence-electron chi connectivity index (χ4n) is 4.15. The number of guanidine groups is 1. The standard InChI is InChI=1S/C24H33N7O/c1-5-25-24(30-12-10-29(11-13-30)17-22-15-20(4)32-28-22)26-16-21-8-6-7-9-23(21)31-19(3)14-18(2)27-31/h6-9,14-15H,5,10-13,16-17H2,1-4H3,(H,25,26). The first-order valence-corrected chi connectivity index (χ1v) is 11.3. The van der Waals surface area contributed by atoms with Crippen LogP contribution in [0.1, 0.15) is 35.3 Å². The average molecular weight is 436 g/mol. The van der Waals surface area contributed by atoms with Gasteiger partial charge in [-0.15, -0.1) is 0 Å². The van der Waals surface area contributed by atoms with Gasteiger partial charge in [-0.2, -0.15) is 5.10 Å². The number of nitrogens with one attached hydrogen (secondary N) is 1. The molecule has 0 spiro atoms. The number of para-hydroxylation sites is 1. The molecule has 1 aliphatic rings. The number of aryl methyl sites for hydroxylation is 3. The van der Waals surface area contributed by atoms with Crippen LogP contribution >= 0.6 is 0 Å². The predicted octanol–water partition coefficient (Wildman–Crippen LogP) is 3.07. The molecule has 3 heterocycles. The molecule has 4 rings (SSSR count). The van der Waals surface area contributed by atoms with Crippen molar-refractivity contribution in [2.75, 3.05) is 32.7 Å². The van der Waals surface area contributed by atoms with Crippen molar-refractivity contribution in [3.05, 3.63) is 64.8 Å². The quantitative estimate of drug-likeness (QED) is 0.474. The van der Waals surface area contributed by atoms with Gasteiger partial charge in [0.1, 0.15) is 5.76 Å². The molecule has 1 fully saturated rings. The van der Waals surface area contributed by atoms with Crippen molar-refractivity contribution >= 4 is 5.96 Å². The molecule has 0 unspecified atom stereocenters. The topological polar surface area (TPSA) is 74.7 Å². The highest BCUT2D eigenvalue weighted by Gasteiger charge is 2.20. The lowest BCUT2D eigenvalue weighted by Gasteiger charge is -2.36. The van der Waals surface area contributed by atoms with E-state index in [1.807, 2.05) is 24.6 Å². The lowest BCUT2D eigenvalue weighted by atomic mass is 10.2. The molecule has 170 valence electrons. The largest absolute Gasteiger partial charge is 0.361 e. The van der Waals surface area contributed by atoms with Gasteiger partial charge in [-0.1, -0.05) is 23.4 Å². The van der Waals surface area contributed by atoms with E-state index >= 15 is 0 Å². The van der Waals surface area contributed by atoms with Crippen molar-refractivity contribution in [3.63, 3.8) is 0 Å². The average Bonchev–Trinajstić information content (AvgIpc) is 3.35. The number of rotatable bonds is 6. The Morgan fingerprint density at radius 2 is 1.88 bits per heavy atom. The van der Waals surface area contributed by atoms with Crippen LogP contribution in [0, 0.1) is 20.8 Å². The summed E-state index contributed by atoms with van der Waals surface area (Å²) in [7, 11) is 0. The van der Waals surface area contributed by atoms with Crippen LogP contribution in [0.2, 0.25) is 0 Å². The van der Waals surface area contributed by atoms with Gasteiger partial charge in [0.25, 0.3) is 0 Å². The Morgan fingerprint density at radius 3 is 2.53 bits per heavy atom. The first kappa shape index (κ1) is 22.1. The van der Waals surface area contributed by atoms with Gasteiger partial charge >= 0.3 is 0 Å². The Kier molecular flexibility index (Phi) is 6.90. The van der Waals surface area contributed by atoms with Crippen LogP contribution in [-0.2, 0) is 13.1 Å². The van der Waals surface area contributed by atoms with Crippen LogP contribution in [-0.4, -0.2) is 63.4 Å². The van der Waals surface area contributed by atoms with Crippen molar-refractivity contribution in [3.8, 4) is 5.69 Å². The van der Waals surface area contributed by atoms with Crippen LogP contribution in [0.15, 0.2) is 45.9 Å². The molecule has 0 atom stereocenters. The van der Waals surface area contributed by atoms with Crippen molar-refractivity contribution in [2.24, 2.45) is 4.99 Å². The molecule has 3 aromatic rings. The summed E-state index contributed by atoms with van der Waals surface area (Å²) < 4.78 is 7.21. The van der Waals surface area contributed by atoms with Crippen LogP contribution < -0.4 is 5.32 Å². The number of piperazine rings is 1. The highest BCUT2D eigenvalue weighted by atomic mass is 16.5. The Morgan fingerprint density at radius 1 is 1.09 bits per heavy atom. The van der Waals surface area contributed by atoms with Gasteiger partial charge in [0, 0.05) is 51.0 Å². The van der Waals surface area contributed by atoms with Crippen molar-refractivity contribution in [2.45, 2.75) is 40.8 Å². The lowest BCUT2D eigenvalue weighted by Crippen LogP contribution is -2.52. The summed E-state index contributed by atoms with van der Waals surface area (Å²) in [5.74, 6) is 1.83. The number of nitrogens with zero attached hydrogens (tertiary/aromatic N) is 6. The minimum atomic E-state index is 0.606. The third-order valence-corrected chi connectivity index (χ3v) is 5.70.